The molecule has 0 saturated heterocycles. The maximum atomic E-state index is 13.6. The fourth-order valence-corrected chi connectivity index (χ4v) is 3.23. The predicted molar refractivity (Wildman–Crippen MR) is 106 cm³/mol. The van der Waals surface area contributed by atoms with Gasteiger partial charge in [-0.3, -0.25) is 4.98 Å². The third-order valence-electron chi connectivity index (χ3n) is 5.01. The molecule has 0 unspecified atom stereocenters. The highest BCUT2D eigenvalue weighted by molar-refractivity contribution is 5.73. The van der Waals surface area contributed by atoms with Gasteiger partial charge in [-0.2, -0.15) is 4.98 Å². The zero-order chi connectivity index (χ0) is 19.9. The predicted octanol–water partition coefficient (Wildman–Crippen LogP) is 3.88. The number of nitrogens with one attached hydrogen (secondary N) is 2. The number of rotatable bonds is 8. The van der Waals surface area contributed by atoms with E-state index in [9.17, 15) is 13.9 Å². The highest BCUT2D eigenvalue weighted by atomic mass is 19.1. The van der Waals surface area contributed by atoms with Crippen LogP contribution in [0.2, 0.25) is 0 Å². The summed E-state index contributed by atoms with van der Waals surface area (Å²) in [5.41, 5.74) is 1.78. The number of halogens is 2. The lowest BCUT2D eigenvalue weighted by molar-refractivity contribution is 0.126. The normalized spacial score (nSPS) is 20.6. The van der Waals surface area contributed by atoms with Crippen LogP contribution in [0.4, 0.5) is 20.5 Å². The molecule has 152 valence electrons. The van der Waals surface area contributed by atoms with Crippen LogP contribution in [0.3, 0.4) is 0 Å². The summed E-state index contributed by atoms with van der Waals surface area (Å²) in [7, 11) is 0. The van der Waals surface area contributed by atoms with Crippen molar-refractivity contribution in [1.82, 2.24) is 15.0 Å². The standard InChI is InChI=1S/C20H27F2N5O/c1-2-14(22)11-24-20-25-12-17(18-9-13(10-21)7-8-23-18)19(27-20)26-15-3-5-16(28)6-4-15/h7-9,12,14-16,28H,2-6,10-11H2,1H3,(H2,24,25,26,27)/t14-,15?,16?/m0/s1. The third kappa shape index (κ3) is 5.34. The number of aliphatic hydroxyl groups is 1. The van der Waals surface area contributed by atoms with Crippen molar-refractivity contribution >= 4 is 11.8 Å². The summed E-state index contributed by atoms with van der Waals surface area (Å²) in [4.78, 5) is 13.1. The Morgan fingerprint density at radius 1 is 1.25 bits per heavy atom. The number of hydrogen-bond acceptors (Lipinski definition) is 6. The summed E-state index contributed by atoms with van der Waals surface area (Å²) in [6, 6.07) is 3.47. The first kappa shape index (κ1) is 20.4. The fourth-order valence-electron chi connectivity index (χ4n) is 3.23. The quantitative estimate of drug-likeness (QED) is 0.633. The highest BCUT2D eigenvalue weighted by Gasteiger charge is 2.21. The minimum absolute atomic E-state index is 0.139. The molecule has 1 aliphatic carbocycles. The van der Waals surface area contributed by atoms with Crippen molar-refractivity contribution in [3.05, 3.63) is 30.1 Å². The lowest BCUT2D eigenvalue weighted by Crippen LogP contribution is -2.29. The molecule has 28 heavy (non-hydrogen) atoms. The Hall–Kier alpha value is -2.35. The number of aliphatic hydroxyl groups excluding tert-OH is 1. The number of hydrogen-bond donors (Lipinski definition) is 3. The Kier molecular flexibility index (Phi) is 7.08. The molecule has 2 aromatic rings. The first-order valence-electron chi connectivity index (χ1n) is 9.79. The molecule has 2 aromatic heterocycles. The minimum atomic E-state index is -0.970. The molecule has 1 saturated carbocycles. The summed E-state index contributed by atoms with van der Waals surface area (Å²) in [6.45, 7) is 1.35. The van der Waals surface area contributed by atoms with Gasteiger partial charge in [-0.05, 0) is 49.8 Å². The average molecular weight is 391 g/mol. The van der Waals surface area contributed by atoms with Gasteiger partial charge in [0, 0.05) is 25.0 Å². The largest absolute Gasteiger partial charge is 0.393 e. The van der Waals surface area contributed by atoms with Crippen molar-refractivity contribution in [1.29, 1.82) is 0 Å². The first-order valence-corrected chi connectivity index (χ1v) is 9.79. The Labute approximate surface area is 163 Å². The number of alkyl halides is 2. The van der Waals surface area contributed by atoms with E-state index in [0.717, 1.165) is 25.7 Å². The third-order valence-corrected chi connectivity index (χ3v) is 5.01. The van der Waals surface area contributed by atoms with Crippen molar-refractivity contribution in [3.63, 3.8) is 0 Å². The zero-order valence-corrected chi connectivity index (χ0v) is 16.0. The van der Waals surface area contributed by atoms with E-state index in [1.165, 1.54) is 0 Å². The summed E-state index contributed by atoms with van der Waals surface area (Å²) < 4.78 is 26.6. The lowest BCUT2D eigenvalue weighted by Gasteiger charge is -2.27. The van der Waals surface area contributed by atoms with Crippen molar-refractivity contribution in [3.8, 4) is 11.3 Å². The van der Waals surface area contributed by atoms with Crippen LogP contribution >= 0.6 is 0 Å². The van der Waals surface area contributed by atoms with Crippen LogP contribution < -0.4 is 10.6 Å². The lowest BCUT2D eigenvalue weighted by atomic mass is 9.93. The number of aromatic nitrogens is 3. The molecule has 1 atom stereocenters. The molecule has 8 heteroatoms. The van der Waals surface area contributed by atoms with Crippen molar-refractivity contribution in [2.24, 2.45) is 0 Å². The Morgan fingerprint density at radius 2 is 2.04 bits per heavy atom. The van der Waals surface area contributed by atoms with Crippen LogP contribution in [0.1, 0.15) is 44.6 Å². The smallest absolute Gasteiger partial charge is 0.224 e. The second kappa shape index (κ2) is 9.73. The van der Waals surface area contributed by atoms with E-state index in [0.29, 0.717) is 35.0 Å². The molecule has 3 N–H and O–H groups in total. The topological polar surface area (TPSA) is 83.0 Å². The summed E-state index contributed by atoms with van der Waals surface area (Å²) in [6.07, 6.45) is 5.51. The zero-order valence-electron chi connectivity index (χ0n) is 16.0. The van der Waals surface area contributed by atoms with Gasteiger partial charge in [0.25, 0.3) is 0 Å². The van der Waals surface area contributed by atoms with E-state index < -0.39 is 12.8 Å². The van der Waals surface area contributed by atoms with Crippen molar-refractivity contribution < 1.29 is 13.9 Å². The molecule has 1 aliphatic rings. The first-order chi connectivity index (χ1) is 13.6. The second-order valence-electron chi connectivity index (χ2n) is 7.18. The molecule has 0 bridgehead atoms. The summed E-state index contributed by atoms with van der Waals surface area (Å²) in [5, 5.41) is 16.1. The molecule has 0 aromatic carbocycles. The number of pyridine rings is 1. The van der Waals surface area contributed by atoms with E-state index in [-0.39, 0.29) is 18.7 Å². The molecule has 0 amide bonds. The minimum Gasteiger partial charge on any atom is -0.393 e. The van der Waals surface area contributed by atoms with Crippen LogP contribution in [-0.4, -0.2) is 44.9 Å². The van der Waals surface area contributed by atoms with Gasteiger partial charge in [-0.25, -0.2) is 13.8 Å². The second-order valence-corrected chi connectivity index (χ2v) is 7.18. The van der Waals surface area contributed by atoms with E-state index in [2.05, 4.69) is 25.6 Å². The van der Waals surface area contributed by atoms with Crippen LogP contribution in [-0.2, 0) is 6.67 Å². The SMILES string of the molecule is CC[C@H](F)CNc1ncc(-c2cc(CF)ccn2)c(NC2CCC(O)CC2)n1. The maximum absolute atomic E-state index is 13.6. The Balaban J connectivity index is 1.86. The summed E-state index contributed by atoms with van der Waals surface area (Å²) in [5.74, 6) is 0.911. The fraction of sp³-hybridized carbons (Fsp3) is 0.550. The molecule has 0 radical (unpaired) electrons. The molecular weight excluding hydrogens is 364 g/mol. The Morgan fingerprint density at radius 3 is 2.75 bits per heavy atom. The monoisotopic (exact) mass is 391 g/mol. The van der Waals surface area contributed by atoms with Gasteiger partial charge >= 0.3 is 0 Å². The van der Waals surface area contributed by atoms with Crippen LogP contribution in [0.5, 0.6) is 0 Å². The summed E-state index contributed by atoms with van der Waals surface area (Å²) >= 11 is 0. The highest BCUT2D eigenvalue weighted by Crippen LogP contribution is 2.29. The average Bonchev–Trinajstić information content (AvgIpc) is 2.73. The van der Waals surface area contributed by atoms with Gasteiger partial charge in [0.2, 0.25) is 5.95 Å². The molecule has 6 nitrogen and oxygen atoms in total. The van der Waals surface area contributed by atoms with Gasteiger partial charge < -0.3 is 15.7 Å². The molecule has 0 aliphatic heterocycles. The van der Waals surface area contributed by atoms with E-state index in [4.69, 9.17) is 0 Å². The van der Waals surface area contributed by atoms with Crippen LogP contribution in [0, 0.1) is 0 Å². The van der Waals surface area contributed by atoms with E-state index in [1.54, 1.807) is 31.5 Å². The Bertz CT molecular complexity index is 768. The van der Waals surface area contributed by atoms with Gasteiger partial charge in [0.05, 0.1) is 17.4 Å². The van der Waals surface area contributed by atoms with Gasteiger partial charge in [0.15, 0.2) is 0 Å². The van der Waals surface area contributed by atoms with Crippen molar-refractivity contribution in [2.75, 3.05) is 17.2 Å². The van der Waals surface area contributed by atoms with Crippen LogP contribution in [0.25, 0.3) is 11.3 Å². The van der Waals surface area contributed by atoms with Gasteiger partial charge in [-0.1, -0.05) is 6.92 Å². The van der Waals surface area contributed by atoms with Crippen molar-refractivity contribution in [2.45, 2.75) is 64.0 Å². The maximum Gasteiger partial charge on any atom is 0.224 e. The number of anilines is 2. The molecule has 2 heterocycles. The molecule has 3 rings (SSSR count). The molecule has 1 fully saturated rings. The number of nitrogens with zero attached hydrogens (tertiary/aromatic N) is 3. The van der Waals surface area contributed by atoms with Crippen LogP contribution in [0.15, 0.2) is 24.5 Å². The molecular formula is C20H27F2N5O. The van der Waals surface area contributed by atoms with E-state index >= 15 is 0 Å². The van der Waals surface area contributed by atoms with Gasteiger partial charge in [-0.15, -0.1) is 0 Å². The van der Waals surface area contributed by atoms with E-state index in [1.807, 2.05) is 0 Å². The molecule has 0 spiro atoms. The van der Waals surface area contributed by atoms with Gasteiger partial charge in [0.1, 0.15) is 18.7 Å².